The highest BCUT2D eigenvalue weighted by atomic mass is 16.7. The van der Waals surface area contributed by atoms with Gasteiger partial charge in [0.25, 0.3) is 5.56 Å². The maximum absolute atomic E-state index is 13.0. The maximum atomic E-state index is 13.0. The van der Waals surface area contributed by atoms with Crippen molar-refractivity contribution in [3.8, 4) is 11.5 Å². The van der Waals surface area contributed by atoms with Crippen molar-refractivity contribution in [1.29, 1.82) is 0 Å². The van der Waals surface area contributed by atoms with Gasteiger partial charge in [-0.05, 0) is 36.6 Å². The topological polar surface area (TPSA) is 120 Å². The van der Waals surface area contributed by atoms with Crippen molar-refractivity contribution in [3.63, 3.8) is 0 Å². The third-order valence-corrected chi connectivity index (χ3v) is 5.35. The molecular formula is C23H24N4O5. The first-order valence-electron chi connectivity index (χ1n) is 10.3. The number of hydrogen-bond donors (Lipinski definition) is 2. The zero-order valence-corrected chi connectivity index (χ0v) is 17.7. The highest BCUT2D eigenvalue weighted by Crippen LogP contribution is 2.32. The predicted octanol–water partition coefficient (Wildman–Crippen LogP) is 1.88. The van der Waals surface area contributed by atoms with Crippen LogP contribution in [0.3, 0.4) is 0 Å². The number of aromatic nitrogens is 2. The molecule has 4 rings (SSSR count). The summed E-state index contributed by atoms with van der Waals surface area (Å²) in [6, 6.07) is 14.8. The summed E-state index contributed by atoms with van der Waals surface area (Å²) in [4.78, 5) is 41.6. The van der Waals surface area contributed by atoms with Crippen molar-refractivity contribution in [1.82, 2.24) is 9.55 Å². The van der Waals surface area contributed by atoms with Crippen LogP contribution < -0.4 is 31.4 Å². The van der Waals surface area contributed by atoms with E-state index in [-0.39, 0.29) is 43.7 Å². The van der Waals surface area contributed by atoms with E-state index in [1.165, 1.54) is 9.47 Å². The SMILES string of the molecule is CCN(C(=O)CCc1ccc2c(c1)OCO2)c1c(N)n(Cc2ccccc2)c(=O)[nH]c1=O. The van der Waals surface area contributed by atoms with Crippen molar-refractivity contribution in [2.24, 2.45) is 0 Å². The van der Waals surface area contributed by atoms with E-state index in [2.05, 4.69) is 4.98 Å². The van der Waals surface area contributed by atoms with Crippen molar-refractivity contribution in [3.05, 3.63) is 80.5 Å². The van der Waals surface area contributed by atoms with Gasteiger partial charge < -0.3 is 20.1 Å². The minimum absolute atomic E-state index is 0.0151. The molecule has 166 valence electrons. The Hall–Kier alpha value is -4.01. The fourth-order valence-corrected chi connectivity index (χ4v) is 3.70. The maximum Gasteiger partial charge on any atom is 0.330 e. The molecule has 0 saturated heterocycles. The Balaban J connectivity index is 1.57. The number of anilines is 2. The zero-order valence-electron chi connectivity index (χ0n) is 17.7. The molecule has 1 amide bonds. The number of ether oxygens (including phenoxy) is 2. The van der Waals surface area contributed by atoms with Gasteiger partial charge in [0.15, 0.2) is 17.2 Å². The van der Waals surface area contributed by atoms with Crippen molar-refractivity contribution in [2.75, 3.05) is 24.0 Å². The average Bonchev–Trinajstić information content (AvgIpc) is 3.26. The van der Waals surface area contributed by atoms with Crippen molar-refractivity contribution >= 4 is 17.4 Å². The highest BCUT2D eigenvalue weighted by molar-refractivity contribution is 5.95. The molecule has 9 heteroatoms. The molecule has 32 heavy (non-hydrogen) atoms. The Labute approximate surface area is 184 Å². The molecule has 0 saturated carbocycles. The van der Waals surface area contributed by atoms with E-state index < -0.39 is 11.2 Å². The van der Waals surface area contributed by atoms with Gasteiger partial charge in [0.05, 0.1) is 6.54 Å². The lowest BCUT2D eigenvalue weighted by molar-refractivity contribution is -0.118. The van der Waals surface area contributed by atoms with E-state index >= 15 is 0 Å². The number of hydrogen-bond acceptors (Lipinski definition) is 6. The van der Waals surface area contributed by atoms with E-state index in [1.807, 2.05) is 48.5 Å². The van der Waals surface area contributed by atoms with E-state index in [1.54, 1.807) is 6.92 Å². The Morgan fingerprint density at radius 1 is 1.09 bits per heavy atom. The molecule has 2 heterocycles. The van der Waals surface area contributed by atoms with Crippen LogP contribution in [-0.2, 0) is 17.8 Å². The lowest BCUT2D eigenvalue weighted by Crippen LogP contribution is -2.41. The third kappa shape index (κ3) is 4.22. The zero-order chi connectivity index (χ0) is 22.7. The van der Waals surface area contributed by atoms with Gasteiger partial charge >= 0.3 is 5.69 Å². The van der Waals surface area contributed by atoms with Gasteiger partial charge in [-0.3, -0.25) is 19.1 Å². The van der Waals surface area contributed by atoms with Gasteiger partial charge in [-0.25, -0.2) is 4.79 Å². The number of carbonyl (C=O) groups is 1. The molecule has 0 radical (unpaired) electrons. The standard InChI is InChI=1S/C23H24N4O5/c1-2-26(19(28)11-9-15-8-10-17-18(12-15)32-14-31-17)20-21(24)27(23(30)25-22(20)29)13-16-6-4-3-5-7-16/h3-8,10,12H,2,9,11,13-14,24H2,1H3,(H,25,29,30). The van der Waals surface area contributed by atoms with Crippen LogP contribution in [0.15, 0.2) is 58.1 Å². The second kappa shape index (κ2) is 9.01. The number of H-pyrrole nitrogens is 1. The van der Waals surface area contributed by atoms with Crippen LogP contribution in [0.4, 0.5) is 11.5 Å². The number of rotatable bonds is 7. The quantitative estimate of drug-likeness (QED) is 0.584. The van der Waals surface area contributed by atoms with Crippen LogP contribution in [-0.4, -0.2) is 28.8 Å². The van der Waals surface area contributed by atoms with Crippen molar-refractivity contribution in [2.45, 2.75) is 26.3 Å². The lowest BCUT2D eigenvalue weighted by Gasteiger charge is -2.23. The Morgan fingerprint density at radius 3 is 2.59 bits per heavy atom. The smallest absolute Gasteiger partial charge is 0.330 e. The molecular weight excluding hydrogens is 412 g/mol. The number of carbonyl (C=O) groups excluding carboxylic acids is 1. The Bertz CT molecular complexity index is 1250. The van der Waals surface area contributed by atoms with Gasteiger partial charge in [0.2, 0.25) is 12.7 Å². The second-order valence-corrected chi connectivity index (χ2v) is 7.39. The predicted molar refractivity (Wildman–Crippen MR) is 120 cm³/mol. The van der Waals surface area contributed by atoms with Crippen LogP contribution in [0.1, 0.15) is 24.5 Å². The monoisotopic (exact) mass is 436 g/mol. The van der Waals surface area contributed by atoms with Crippen LogP contribution in [0.5, 0.6) is 11.5 Å². The molecule has 2 aromatic carbocycles. The van der Waals surface area contributed by atoms with Crippen LogP contribution >= 0.6 is 0 Å². The normalized spacial score (nSPS) is 12.0. The third-order valence-electron chi connectivity index (χ3n) is 5.35. The van der Waals surface area contributed by atoms with Crippen LogP contribution in [0.2, 0.25) is 0 Å². The molecule has 1 aromatic heterocycles. The summed E-state index contributed by atoms with van der Waals surface area (Å²) in [6.45, 7) is 2.35. The van der Waals surface area contributed by atoms with Crippen LogP contribution in [0.25, 0.3) is 0 Å². The number of benzene rings is 2. The first-order valence-corrected chi connectivity index (χ1v) is 10.3. The molecule has 0 unspecified atom stereocenters. The number of aryl methyl sites for hydroxylation is 1. The fourth-order valence-electron chi connectivity index (χ4n) is 3.70. The molecule has 1 aliphatic rings. The second-order valence-electron chi connectivity index (χ2n) is 7.39. The van der Waals surface area contributed by atoms with Gasteiger partial charge in [0, 0.05) is 13.0 Å². The van der Waals surface area contributed by atoms with E-state index in [0.717, 1.165) is 11.1 Å². The molecule has 9 nitrogen and oxygen atoms in total. The summed E-state index contributed by atoms with van der Waals surface area (Å²) in [7, 11) is 0. The summed E-state index contributed by atoms with van der Waals surface area (Å²) < 4.78 is 11.9. The first kappa shape index (κ1) is 21.2. The number of nitrogens with one attached hydrogen (secondary N) is 1. The summed E-state index contributed by atoms with van der Waals surface area (Å²) >= 11 is 0. The molecule has 0 aliphatic carbocycles. The van der Waals surface area contributed by atoms with Gasteiger partial charge in [-0.1, -0.05) is 36.4 Å². The summed E-state index contributed by atoms with van der Waals surface area (Å²) in [6.07, 6.45) is 0.609. The number of fused-ring (bicyclic) bond motifs is 1. The first-order chi connectivity index (χ1) is 15.5. The number of nitrogens with two attached hydrogens (primary N) is 1. The molecule has 0 bridgehead atoms. The molecule has 3 aromatic rings. The highest BCUT2D eigenvalue weighted by Gasteiger charge is 2.23. The Morgan fingerprint density at radius 2 is 1.84 bits per heavy atom. The lowest BCUT2D eigenvalue weighted by atomic mass is 10.1. The van der Waals surface area contributed by atoms with E-state index in [4.69, 9.17) is 15.2 Å². The van der Waals surface area contributed by atoms with Gasteiger partial charge in [-0.2, -0.15) is 0 Å². The largest absolute Gasteiger partial charge is 0.454 e. The van der Waals surface area contributed by atoms with Crippen LogP contribution in [0, 0.1) is 0 Å². The molecule has 0 fully saturated rings. The van der Waals surface area contributed by atoms with Gasteiger partial charge in [-0.15, -0.1) is 0 Å². The van der Waals surface area contributed by atoms with E-state index in [0.29, 0.717) is 17.9 Å². The summed E-state index contributed by atoms with van der Waals surface area (Å²) in [5.41, 5.74) is 6.67. The minimum atomic E-state index is -0.685. The van der Waals surface area contributed by atoms with E-state index in [9.17, 15) is 14.4 Å². The molecule has 0 atom stereocenters. The summed E-state index contributed by atoms with van der Waals surface area (Å²) in [5.74, 6) is 1.01. The van der Waals surface area contributed by atoms with Crippen molar-refractivity contribution < 1.29 is 14.3 Å². The van der Waals surface area contributed by atoms with Gasteiger partial charge in [0.1, 0.15) is 5.82 Å². The number of amides is 1. The summed E-state index contributed by atoms with van der Waals surface area (Å²) in [5, 5.41) is 0. The number of nitrogen functional groups attached to an aromatic ring is 1. The number of nitrogens with zero attached hydrogens (tertiary/aromatic N) is 2. The fraction of sp³-hybridized carbons (Fsp3) is 0.261. The number of aromatic amines is 1. The average molecular weight is 436 g/mol. The minimum Gasteiger partial charge on any atom is -0.454 e. The molecule has 3 N–H and O–H groups in total. The molecule has 0 spiro atoms. The molecule has 1 aliphatic heterocycles. The Kier molecular flexibility index (Phi) is 5.98.